The zero-order valence-electron chi connectivity index (χ0n) is 33.3. The van der Waals surface area contributed by atoms with Crippen LogP contribution in [0, 0.1) is 23.2 Å². The summed E-state index contributed by atoms with van der Waals surface area (Å²) in [6.07, 6.45) is 9.59. The summed E-state index contributed by atoms with van der Waals surface area (Å²) in [7, 11) is -6.06. The molecule has 0 radical (unpaired) electrons. The van der Waals surface area contributed by atoms with E-state index in [0.29, 0.717) is 17.8 Å². The maximum Gasteiger partial charge on any atom is 0.364 e. The molecule has 4 aromatic rings. The molecule has 0 N–H and O–H groups in total. The van der Waals surface area contributed by atoms with Crippen LogP contribution in [0.2, 0.25) is 13.3 Å². The number of hydrogen-bond donors (Lipinski definition) is 0. The number of halogens is 3. The molecule has 5 nitrogen and oxygen atoms in total. The van der Waals surface area contributed by atoms with Crippen molar-refractivity contribution in [3.05, 3.63) is 72.8 Å². The maximum atomic E-state index is 13.4. The second-order valence-electron chi connectivity index (χ2n) is 17.0. The number of carbonyl (C=O) groups excluding carboxylic acids is 1. The van der Waals surface area contributed by atoms with Gasteiger partial charge in [-0.1, -0.05) is 0 Å². The molecule has 0 saturated heterocycles. The number of ether oxygens (including phenoxy) is 1. The number of rotatable bonds is 17. The topological polar surface area (TPSA) is 83.5 Å². The summed E-state index contributed by atoms with van der Waals surface area (Å²) in [6, 6.07) is 28.2. The predicted octanol–water partition coefficient (Wildman–Crippen LogP) is 12.4. The van der Waals surface area contributed by atoms with Gasteiger partial charge in [-0.2, -0.15) is 8.78 Å². The fraction of sp³-hybridized carbons (Fsp3) is 0.578. The van der Waals surface area contributed by atoms with Crippen molar-refractivity contribution in [3.8, 4) is 4.90 Å². The average Bonchev–Trinajstić information content (AvgIpc) is 3.51. The molecule has 4 saturated carbocycles. The molecule has 4 fully saturated rings. The van der Waals surface area contributed by atoms with E-state index in [0.717, 1.165) is 38.5 Å². The predicted molar refractivity (Wildman–Crippen MR) is 226 cm³/mol. The van der Waals surface area contributed by atoms with E-state index in [-0.39, 0.29) is 10.5 Å². The molecule has 2 atom stereocenters. The molecule has 0 aliphatic heterocycles. The molecule has 4 aliphatic rings. The summed E-state index contributed by atoms with van der Waals surface area (Å²) < 4.78 is 85.0. The van der Waals surface area contributed by atoms with Crippen LogP contribution in [0.25, 0.3) is 25.1 Å². The van der Waals surface area contributed by atoms with Crippen LogP contribution in [-0.4, -0.2) is 55.3 Å². The van der Waals surface area contributed by atoms with E-state index < -0.39 is 64.3 Å². The second-order valence-corrected chi connectivity index (χ2v) is 33.7. The Labute approximate surface area is 338 Å². The van der Waals surface area contributed by atoms with Crippen LogP contribution in [0.15, 0.2) is 72.8 Å². The van der Waals surface area contributed by atoms with Crippen molar-refractivity contribution in [2.24, 2.45) is 23.2 Å². The minimum absolute atomic E-state index is 0.0317. The molecule has 306 valence electrons. The number of alkyl halides is 3. The Bertz CT molecular complexity index is 1990. The maximum absolute atomic E-state index is 13.4. The summed E-state index contributed by atoms with van der Waals surface area (Å²) in [5, 5.41) is -1.99. The van der Waals surface area contributed by atoms with Crippen molar-refractivity contribution >= 4 is 68.7 Å². The van der Waals surface area contributed by atoms with Gasteiger partial charge in [-0.3, -0.25) is 4.79 Å². The minimum atomic E-state index is -6.09. The van der Waals surface area contributed by atoms with Gasteiger partial charge in [0.15, 0.2) is 16.3 Å². The average molecular weight is 920 g/mol. The van der Waals surface area contributed by atoms with E-state index in [1.807, 2.05) is 3.58 Å². The quantitative estimate of drug-likeness (QED) is 0.0456. The Kier molecular flexibility index (Phi) is 14.3. The third-order valence-electron chi connectivity index (χ3n) is 13.0. The molecule has 1 aromatic heterocycles. The van der Waals surface area contributed by atoms with E-state index in [1.54, 1.807) is 4.70 Å². The van der Waals surface area contributed by atoms with Gasteiger partial charge in [-0.15, -0.1) is 0 Å². The van der Waals surface area contributed by atoms with Gasteiger partial charge in [-0.05, 0) is 56.3 Å². The van der Waals surface area contributed by atoms with E-state index in [4.69, 9.17) is 4.74 Å². The fourth-order valence-corrected chi connectivity index (χ4v) is 29.3. The van der Waals surface area contributed by atoms with Crippen molar-refractivity contribution in [3.63, 3.8) is 0 Å². The monoisotopic (exact) mass is 920 g/mol. The first-order chi connectivity index (χ1) is 26.8. The van der Waals surface area contributed by atoms with Gasteiger partial charge in [0, 0.05) is 6.42 Å². The molecular weight excluding hydrogens is 860 g/mol. The van der Waals surface area contributed by atoms with E-state index in [2.05, 4.69) is 93.6 Å². The third-order valence-corrected chi connectivity index (χ3v) is 31.9. The Morgan fingerprint density at radius 1 is 0.821 bits per heavy atom. The number of benzene rings is 3. The van der Waals surface area contributed by atoms with E-state index >= 15 is 0 Å². The molecule has 1 heterocycles. The van der Waals surface area contributed by atoms with Gasteiger partial charge in [0.05, 0.1) is 12.0 Å². The summed E-state index contributed by atoms with van der Waals surface area (Å²) >= 11 is -2.43. The SMILES string of the molecule is CCC[CH2][Sn]([CH2]CCC)([CH2]CCC)[c]1ccc2c(c1)c1ccccc1[s+]2-c1ccccc1.O=C(OCCC(F)C(F)(F)S(=O)(=O)[O-])C12CC3CC(CC(C3)C1)C2. The Balaban J connectivity index is 0.000000198. The summed E-state index contributed by atoms with van der Waals surface area (Å²) in [4.78, 5) is 13.9. The first-order valence-electron chi connectivity index (χ1n) is 20.9. The molecular formula is C45H59F3O5S2Sn. The molecule has 56 heavy (non-hydrogen) atoms. The first kappa shape index (κ1) is 43.4. The molecule has 2 unspecified atom stereocenters. The largest absolute Gasteiger partial charge is 0.743 e. The molecule has 3 aromatic carbocycles. The van der Waals surface area contributed by atoms with Gasteiger partial charge < -0.3 is 9.29 Å². The number of hydrogen-bond acceptors (Lipinski definition) is 5. The smallest absolute Gasteiger partial charge is 0.364 e. The van der Waals surface area contributed by atoms with Gasteiger partial charge in [-0.25, -0.2) is 12.8 Å². The number of carbonyl (C=O) groups is 1. The number of thiophene rings is 1. The summed E-state index contributed by atoms with van der Waals surface area (Å²) in [5.74, 6) is 0.982. The van der Waals surface area contributed by atoms with Crippen LogP contribution >= 0.6 is 10.5 Å². The van der Waals surface area contributed by atoms with Gasteiger partial charge >= 0.3 is 214 Å². The van der Waals surface area contributed by atoms with Crippen molar-refractivity contribution in [1.29, 1.82) is 0 Å². The molecule has 4 bridgehead atoms. The standard InChI is InChI=1S/C18H12S.C15H21F3O5S.3C4H9.Sn/c1-2-8-14(9-3-1)19-17-12-6-4-10-15(17)16-11-5-7-13-18(16)19;16-12(15(17,18)24(20,21)22)1-2-23-13(19)14-6-9-3-10(7-14)5-11(4-9)8-14;3*1-3-4-2;/h1-4,6-13H;9-12H,1-8H2,(H,20,21,22);3*1,3-4H2,2H3;/q+1;;;;;/p-1. The third kappa shape index (κ3) is 9.18. The van der Waals surface area contributed by atoms with Crippen LogP contribution in [0.1, 0.15) is 104 Å². The van der Waals surface area contributed by atoms with E-state index in [9.17, 15) is 30.9 Å². The van der Waals surface area contributed by atoms with Crippen molar-refractivity contribution in [1.82, 2.24) is 0 Å². The fourth-order valence-electron chi connectivity index (χ4n) is 10.5. The number of esters is 1. The molecule has 0 spiro atoms. The minimum Gasteiger partial charge on any atom is -0.743 e. The summed E-state index contributed by atoms with van der Waals surface area (Å²) in [6.45, 7) is 6.47. The zero-order chi connectivity index (χ0) is 40.1. The van der Waals surface area contributed by atoms with Crippen LogP contribution < -0.4 is 3.58 Å². The second kappa shape index (κ2) is 18.4. The van der Waals surface area contributed by atoms with Crippen LogP contribution in [-0.2, 0) is 19.6 Å². The number of fused-ring (bicyclic) bond motifs is 3. The van der Waals surface area contributed by atoms with Crippen molar-refractivity contribution < 1.29 is 35.7 Å². The van der Waals surface area contributed by atoms with Crippen LogP contribution in [0.3, 0.4) is 0 Å². The molecule has 0 amide bonds. The summed E-state index contributed by atoms with van der Waals surface area (Å²) in [5.41, 5.74) is -0.590. The Hall–Kier alpha value is -2.15. The Morgan fingerprint density at radius 3 is 1.88 bits per heavy atom. The van der Waals surface area contributed by atoms with Gasteiger partial charge in [0.2, 0.25) is 0 Å². The molecule has 11 heteroatoms. The number of unbranched alkanes of at least 4 members (excludes halogenated alkanes) is 3. The van der Waals surface area contributed by atoms with Crippen LogP contribution in [0.4, 0.5) is 13.2 Å². The van der Waals surface area contributed by atoms with Crippen molar-refractivity contribution in [2.75, 3.05) is 6.61 Å². The zero-order valence-corrected chi connectivity index (χ0v) is 37.7. The molecule has 8 rings (SSSR count). The van der Waals surface area contributed by atoms with Gasteiger partial charge in [0.1, 0.15) is 0 Å². The molecule has 4 aliphatic carbocycles. The Morgan fingerprint density at radius 2 is 1.34 bits per heavy atom. The van der Waals surface area contributed by atoms with E-state index in [1.165, 1.54) is 72.2 Å². The normalized spacial score (nSPS) is 22.9. The van der Waals surface area contributed by atoms with Crippen molar-refractivity contribution in [2.45, 2.75) is 129 Å². The van der Waals surface area contributed by atoms with Crippen LogP contribution in [0.5, 0.6) is 0 Å². The first-order valence-corrected chi connectivity index (χ1v) is 31.1. The van der Waals surface area contributed by atoms with Gasteiger partial charge in [0.25, 0.3) is 0 Å².